The van der Waals surface area contributed by atoms with E-state index in [-0.39, 0.29) is 36.2 Å². The Morgan fingerprint density at radius 2 is 0.964 bits per heavy atom. The van der Waals surface area contributed by atoms with Crippen molar-refractivity contribution in [3.63, 3.8) is 0 Å². The Morgan fingerprint density at radius 3 is 1.38 bits per heavy atom. The average Bonchev–Trinajstić information content (AvgIpc) is 3.93. The Kier molecular flexibility index (Phi) is 9.97. The van der Waals surface area contributed by atoms with E-state index in [2.05, 4.69) is 20.6 Å². The Bertz CT molecular complexity index is 2420. The maximum absolute atomic E-state index is 13.1. The average molecular weight is 795 g/mol. The molecule has 288 valence electrons. The molecule has 0 saturated heterocycles. The van der Waals surface area contributed by atoms with Crippen molar-refractivity contribution in [2.24, 2.45) is 0 Å². The van der Waals surface area contributed by atoms with Gasteiger partial charge in [0.25, 0.3) is 0 Å². The largest absolute Gasteiger partial charge is 0.444 e. The number of alkyl carbamates (subject to hydrolysis) is 2. The second-order valence-electron chi connectivity index (χ2n) is 15.2. The van der Waals surface area contributed by atoms with E-state index < -0.39 is 23.4 Å². The van der Waals surface area contributed by atoms with E-state index in [1.165, 1.54) is 22.7 Å². The van der Waals surface area contributed by atoms with Crippen molar-refractivity contribution in [3.8, 4) is 0 Å². The van der Waals surface area contributed by atoms with E-state index in [9.17, 15) is 28.8 Å². The summed E-state index contributed by atoms with van der Waals surface area (Å²) in [4.78, 5) is 84.0. The number of nitrogens with one attached hydrogen (secondary N) is 2. The third-order valence-electron chi connectivity index (χ3n) is 8.81. The summed E-state index contributed by atoms with van der Waals surface area (Å²) in [6.07, 6.45) is 2.36. The van der Waals surface area contributed by atoms with Gasteiger partial charge in [-0.3, -0.25) is 19.2 Å². The lowest BCUT2D eigenvalue weighted by Crippen LogP contribution is -2.34. The minimum absolute atomic E-state index is 0.168. The van der Waals surface area contributed by atoms with Gasteiger partial charge in [-0.25, -0.2) is 19.6 Å². The summed E-state index contributed by atoms with van der Waals surface area (Å²) >= 11 is 2.87. The number of hydrogen-bond acceptors (Lipinski definition) is 12. The summed E-state index contributed by atoms with van der Waals surface area (Å²) in [6.45, 7) is 12.0. The maximum Gasteiger partial charge on any atom is 0.407 e. The number of benzene rings is 2. The van der Waals surface area contributed by atoms with Gasteiger partial charge >= 0.3 is 12.2 Å². The number of aromatic nitrogens is 4. The number of ketones is 4. The third-order valence-corrected chi connectivity index (χ3v) is 10.4. The first-order valence-electron chi connectivity index (χ1n) is 17.7. The van der Waals surface area contributed by atoms with Crippen molar-refractivity contribution in [3.05, 3.63) is 105 Å². The van der Waals surface area contributed by atoms with Crippen LogP contribution in [0.4, 0.5) is 9.59 Å². The molecule has 0 bridgehead atoms. The standard InChI is InChI=1S/2C20H19N3O4S/c1-20(2,3)27-19(26)21-5-7-23-6-4-11-16(23)18(25)12-8-14-15(28-10-22-14)9-13(12)17(11)24;1-20(2,3)27-19(26)21-5-7-23-6-4-11-16(23)18(25)13-9-15-14(22-10-28-15)8-12(13)17(11)24/h2*4,6,8-10H,5,7H2,1-3H3,(H,21,26). The second kappa shape index (κ2) is 14.6. The van der Waals surface area contributed by atoms with Crippen molar-refractivity contribution in [1.82, 2.24) is 29.7 Å². The van der Waals surface area contributed by atoms with Gasteiger partial charge in [-0.15, -0.1) is 22.7 Å². The van der Waals surface area contributed by atoms with Gasteiger partial charge in [-0.05, 0) is 77.9 Å². The molecular formula is C40H38N6O8S2. The van der Waals surface area contributed by atoms with E-state index in [1.54, 1.807) is 110 Å². The molecule has 8 rings (SSSR count). The minimum Gasteiger partial charge on any atom is -0.444 e. The molecule has 2 N–H and O–H groups in total. The van der Waals surface area contributed by atoms with Crippen LogP contribution in [0, 0.1) is 0 Å². The molecule has 0 saturated carbocycles. The van der Waals surface area contributed by atoms with Crippen LogP contribution in [-0.4, -0.2) is 78.7 Å². The van der Waals surface area contributed by atoms with Crippen LogP contribution in [0.5, 0.6) is 0 Å². The van der Waals surface area contributed by atoms with Crippen LogP contribution in [0.1, 0.15) is 105 Å². The van der Waals surface area contributed by atoms with Crippen molar-refractivity contribution in [2.45, 2.75) is 65.8 Å². The molecule has 0 spiro atoms. The molecule has 6 aromatic rings. The molecule has 0 aliphatic heterocycles. The van der Waals surface area contributed by atoms with E-state index in [1.807, 2.05) is 0 Å². The van der Waals surface area contributed by atoms with Crippen LogP contribution < -0.4 is 10.6 Å². The highest BCUT2D eigenvalue weighted by Gasteiger charge is 2.35. The summed E-state index contributed by atoms with van der Waals surface area (Å²) in [6, 6.07) is 10.2. The van der Waals surface area contributed by atoms with Gasteiger partial charge in [-0.1, -0.05) is 0 Å². The summed E-state index contributed by atoms with van der Waals surface area (Å²) in [5, 5.41) is 5.33. The van der Waals surface area contributed by atoms with Crippen LogP contribution in [0.2, 0.25) is 0 Å². The predicted octanol–water partition coefficient (Wildman–Crippen LogP) is 6.80. The summed E-state index contributed by atoms with van der Waals surface area (Å²) in [5.41, 5.74) is 6.70. The van der Waals surface area contributed by atoms with Gasteiger partial charge < -0.3 is 29.2 Å². The number of thiazole rings is 2. The summed E-state index contributed by atoms with van der Waals surface area (Å²) in [7, 11) is 0. The number of fused-ring (bicyclic) bond motifs is 6. The normalized spacial score (nSPS) is 13.4. The molecule has 2 amide bonds. The predicted molar refractivity (Wildman–Crippen MR) is 210 cm³/mol. The van der Waals surface area contributed by atoms with Crippen LogP contribution in [0.15, 0.2) is 59.8 Å². The molecule has 16 heteroatoms. The zero-order valence-corrected chi connectivity index (χ0v) is 33.1. The zero-order chi connectivity index (χ0) is 40.1. The Balaban J connectivity index is 0.000000172. The van der Waals surface area contributed by atoms with Crippen molar-refractivity contribution >= 4 is 78.4 Å². The lowest BCUT2D eigenvalue weighted by atomic mass is 9.88. The maximum atomic E-state index is 13.1. The molecule has 0 unspecified atom stereocenters. The van der Waals surface area contributed by atoms with Crippen LogP contribution in [0.25, 0.3) is 20.4 Å². The first kappa shape index (κ1) is 38.3. The van der Waals surface area contributed by atoms with Crippen molar-refractivity contribution in [1.29, 1.82) is 0 Å². The SMILES string of the molecule is CC(C)(C)OC(=O)NCCn1ccc2c1C(=O)c1cc3ncsc3cc1C2=O.CC(C)(C)OC(=O)NCCn1ccc2c1C(=O)c1cc3scnc3cc1C2=O. The number of carbonyl (C=O) groups excluding carboxylic acids is 6. The van der Waals surface area contributed by atoms with E-state index in [0.29, 0.717) is 68.9 Å². The second-order valence-corrected chi connectivity index (χ2v) is 16.9. The molecule has 2 aromatic carbocycles. The number of carbonyl (C=O) groups is 6. The van der Waals surface area contributed by atoms with Crippen molar-refractivity contribution < 1.29 is 38.2 Å². The molecule has 4 heterocycles. The fourth-order valence-corrected chi connectivity index (χ4v) is 7.88. The lowest BCUT2D eigenvalue weighted by Gasteiger charge is -2.20. The lowest BCUT2D eigenvalue weighted by molar-refractivity contribution is 0.0514. The molecule has 2 aliphatic carbocycles. The van der Waals surface area contributed by atoms with Gasteiger partial charge in [0.05, 0.1) is 42.6 Å². The molecule has 14 nitrogen and oxygen atoms in total. The monoisotopic (exact) mass is 794 g/mol. The molecule has 56 heavy (non-hydrogen) atoms. The van der Waals surface area contributed by atoms with Crippen molar-refractivity contribution in [2.75, 3.05) is 13.1 Å². The fraction of sp³-hybridized carbons (Fsp3) is 0.300. The van der Waals surface area contributed by atoms with Gasteiger partial charge in [0.1, 0.15) is 22.6 Å². The molecule has 0 radical (unpaired) electrons. The fourth-order valence-electron chi connectivity index (χ4n) is 6.48. The molecule has 0 atom stereocenters. The number of rotatable bonds is 6. The minimum atomic E-state index is -0.580. The zero-order valence-electron chi connectivity index (χ0n) is 31.5. The number of hydrogen-bond donors (Lipinski definition) is 2. The Labute approximate surface area is 328 Å². The molecule has 2 aliphatic rings. The summed E-state index contributed by atoms with van der Waals surface area (Å²) < 4.78 is 15.5. The topological polar surface area (TPSA) is 181 Å². The number of ether oxygens (including phenoxy) is 2. The molecular weight excluding hydrogens is 757 g/mol. The summed E-state index contributed by atoms with van der Waals surface area (Å²) in [5.74, 6) is -0.749. The van der Waals surface area contributed by atoms with Gasteiger partial charge in [0, 0.05) is 60.8 Å². The van der Waals surface area contributed by atoms with Crippen LogP contribution in [-0.2, 0) is 22.6 Å². The van der Waals surface area contributed by atoms with E-state index >= 15 is 0 Å². The van der Waals surface area contributed by atoms with Crippen LogP contribution in [0.3, 0.4) is 0 Å². The molecule has 4 aromatic heterocycles. The molecule has 0 fully saturated rings. The van der Waals surface area contributed by atoms with E-state index in [4.69, 9.17) is 9.47 Å². The smallest absolute Gasteiger partial charge is 0.407 e. The third kappa shape index (κ3) is 7.62. The number of amides is 2. The van der Waals surface area contributed by atoms with E-state index in [0.717, 1.165) is 9.40 Å². The first-order chi connectivity index (χ1) is 26.5. The first-order valence-corrected chi connectivity index (χ1v) is 19.5. The van der Waals surface area contributed by atoms with Gasteiger partial charge in [-0.2, -0.15) is 0 Å². The Hall–Kier alpha value is -6.00. The van der Waals surface area contributed by atoms with Crippen LogP contribution >= 0.6 is 22.7 Å². The quantitative estimate of drug-likeness (QED) is 0.182. The highest BCUT2D eigenvalue weighted by Crippen LogP contribution is 2.33. The number of nitrogens with zero attached hydrogens (tertiary/aromatic N) is 4. The van der Waals surface area contributed by atoms with Gasteiger partial charge in [0.15, 0.2) is 11.6 Å². The highest BCUT2D eigenvalue weighted by molar-refractivity contribution is 7.17. The Morgan fingerprint density at radius 1 is 0.589 bits per heavy atom. The van der Waals surface area contributed by atoms with Gasteiger partial charge in [0.2, 0.25) is 11.6 Å². The highest BCUT2D eigenvalue weighted by atomic mass is 32.1.